The lowest BCUT2D eigenvalue weighted by molar-refractivity contribution is -0.141. The van der Waals surface area contributed by atoms with Crippen LogP contribution in [-0.4, -0.2) is 41.7 Å². The van der Waals surface area contributed by atoms with Gasteiger partial charge in [-0.2, -0.15) is 0 Å². The van der Waals surface area contributed by atoms with Crippen molar-refractivity contribution in [2.45, 2.75) is 51.6 Å². The molecule has 1 atom stereocenters. The molecule has 0 aromatic heterocycles. The number of hydrogen-bond donors (Lipinski definition) is 4. The van der Waals surface area contributed by atoms with Crippen LogP contribution in [0, 0.1) is 0 Å². The van der Waals surface area contributed by atoms with E-state index in [4.69, 9.17) is 10.8 Å². The van der Waals surface area contributed by atoms with E-state index in [9.17, 15) is 9.59 Å². The molecule has 0 saturated heterocycles. The van der Waals surface area contributed by atoms with Crippen molar-refractivity contribution in [1.82, 2.24) is 10.6 Å². The van der Waals surface area contributed by atoms with Crippen LogP contribution in [0.3, 0.4) is 0 Å². The largest absolute Gasteiger partial charge is 0.480 e. The van der Waals surface area contributed by atoms with Crippen molar-refractivity contribution in [3.63, 3.8) is 0 Å². The van der Waals surface area contributed by atoms with Gasteiger partial charge in [0, 0.05) is 5.54 Å². The number of unbranched alkanes of at least 4 members (excludes halogenated alkanes) is 1. The molecule has 6 heteroatoms. The fourth-order valence-corrected chi connectivity index (χ4v) is 1.34. The summed E-state index contributed by atoms with van der Waals surface area (Å²) in [4.78, 5) is 22.5. The molecule has 0 heterocycles. The number of carboxylic acids is 1. The highest BCUT2D eigenvalue weighted by Crippen LogP contribution is 2.01. The lowest BCUT2D eigenvalue weighted by Crippen LogP contribution is -2.48. The summed E-state index contributed by atoms with van der Waals surface area (Å²) in [6.45, 7) is 6.47. The predicted molar refractivity (Wildman–Crippen MR) is 70.2 cm³/mol. The first-order valence-electron chi connectivity index (χ1n) is 6.23. The number of carbonyl (C=O) groups is 2. The Bertz CT molecular complexity index is 274. The van der Waals surface area contributed by atoms with Gasteiger partial charge in [-0.25, -0.2) is 4.79 Å². The van der Waals surface area contributed by atoms with Gasteiger partial charge in [0.2, 0.25) is 5.91 Å². The fraction of sp³-hybridized carbons (Fsp3) is 0.833. The van der Waals surface area contributed by atoms with E-state index in [2.05, 4.69) is 10.6 Å². The summed E-state index contributed by atoms with van der Waals surface area (Å²) in [6, 6.07) is -0.828. The van der Waals surface area contributed by atoms with E-state index in [1.54, 1.807) is 0 Å². The quantitative estimate of drug-likeness (QED) is 0.462. The third-order valence-electron chi connectivity index (χ3n) is 2.36. The van der Waals surface area contributed by atoms with Crippen molar-refractivity contribution in [3.8, 4) is 0 Å². The highest BCUT2D eigenvalue weighted by atomic mass is 16.4. The summed E-state index contributed by atoms with van der Waals surface area (Å²) in [5.74, 6) is -1.30. The van der Waals surface area contributed by atoms with Gasteiger partial charge in [0.25, 0.3) is 0 Å². The average Bonchev–Trinajstić information content (AvgIpc) is 2.24. The number of aliphatic carboxylic acids is 1. The number of carbonyl (C=O) groups excluding carboxylic acids is 1. The summed E-state index contributed by atoms with van der Waals surface area (Å²) in [5.41, 5.74) is 5.17. The van der Waals surface area contributed by atoms with Crippen molar-refractivity contribution in [2.24, 2.45) is 5.73 Å². The number of hydrogen-bond acceptors (Lipinski definition) is 4. The number of nitrogens with two attached hydrogens (primary N) is 1. The van der Waals surface area contributed by atoms with Gasteiger partial charge in [-0.05, 0) is 46.6 Å². The number of carboxylic acid groups (broad SMARTS) is 1. The molecule has 0 aliphatic heterocycles. The third kappa shape index (κ3) is 8.95. The third-order valence-corrected chi connectivity index (χ3v) is 2.36. The lowest BCUT2D eigenvalue weighted by Gasteiger charge is -2.21. The van der Waals surface area contributed by atoms with Crippen molar-refractivity contribution >= 4 is 11.9 Å². The van der Waals surface area contributed by atoms with E-state index in [1.807, 2.05) is 20.8 Å². The summed E-state index contributed by atoms with van der Waals surface area (Å²) >= 11 is 0. The SMILES string of the molecule is CC(C)(C)NCC(=O)NC(CCCCN)C(=O)O. The van der Waals surface area contributed by atoms with Crippen molar-refractivity contribution in [3.05, 3.63) is 0 Å². The van der Waals surface area contributed by atoms with Gasteiger partial charge in [-0.15, -0.1) is 0 Å². The Morgan fingerprint density at radius 2 is 1.89 bits per heavy atom. The van der Waals surface area contributed by atoms with Gasteiger partial charge in [-0.3, -0.25) is 4.79 Å². The first-order valence-corrected chi connectivity index (χ1v) is 6.23. The number of rotatable bonds is 8. The Morgan fingerprint density at radius 3 is 2.33 bits per heavy atom. The number of nitrogens with one attached hydrogen (secondary N) is 2. The normalized spacial score (nSPS) is 13.1. The van der Waals surface area contributed by atoms with Gasteiger partial charge >= 0.3 is 5.97 Å². The van der Waals surface area contributed by atoms with E-state index in [-0.39, 0.29) is 18.0 Å². The summed E-state index contributed by atoms with van der Waals surface area (Å²) in [7, 11) is 0. The Kier molecular flexibility index (Phi) is 7.54. The van der Waals surface area contributed by atoms with Crippen molar-refractivity contribution in [2.75, 3.05) is 13.1 Å². The molecule has 0 aromatic rings. The maximum absolute atomic E-state index is 11.6. The molecule has 1 amide bonds. The molecule has 0 aliphatic rings. The van der Waals surface area contributed by atoms with E-state index in [0.29, 0.717) is 19.4 Å². The molecule has 18 heavy (non-hydrogen) atoms. The smallest absolute Gasteiger partial charge is 0.326 e. The van der Waals surface area contributed by atoms with Crippen LogP contribution in [0.25, 0.3) is 0 Å². The van der Waals surface area contributed by atoms with E-state index in [1.165, 1.54) is 0 Å². The highest BCUT2D eigenvalue weighted by molar-refractivity contribution is 5.84. The molecule has 0 rings (SSSR count). The maximum atomic E-state index is 11.6. The van der Waals surface area contributed by atoms with Crippen LogP contribution in [0.2, 0.25) is 0 Å². The van der Waals surface area contributed by atoms with Crippen LogP contribution in [0.15, 0.2) is 0 Å². The zero-order valence-corrected chi connectivity index (χ0v) is 11.5. The minimum atomic E-state index is -1.00. The lowest BCUT2D eigenvalue weighted by atomic mass is 10.1. The van der Waals surface area contributed by atoms with Gasteiger partial charge in [0.15, 0.2) is 0 Å². The van der Waals surface area contributed by atoms with E-state index >= 15 is 0 Å². The second-order valence-corrected chi connectivity index (χ2v) is 5.35. The molecule has 0 aromatic carbocycles. The fourth-order valence-electron chi connectivity index (χ4n) is 1.34. The molecule has 0 radical (unpaired) electrons. The Labute approximate surface area is 108 Å². The minimum Gasteiger partial charge on any atom is -0.480 e. The first kappa shape index (κ1) is 16.9. The maximum Gasteiger partial charge on any atom is 0.326 e. The summed E-state index contributed by atoms with van der Waals surface area (Å²) in [5, 5.41) is 14.5. The van der Waals surface area contributed by atoms with Gasteiger partial charge in [-0.1, -0.05) is 0 Å². The van der Waals surface area contributed by atoms with Gasteiger partial charge in [0.1, 0.15) is 6.04 Å². The van der Waals surface area contributed by atoms with Crippen LogP contribution < -0.4 is 16.4 Å². The van der Waals surface area contributed by atoms with Crippen LogP contribution in [0.1, 0.15) is 40.0 Å². The van der Waals surface area contributed by atoms with Crippen LogP contribution >= 0.6 is 0 Å². The zero-order valence-electron chi connectivity index (χ0n) is 11.5. The topological polar surface area (TPSA) is 104 Å². The van der Waals surface area contributed by atoms with E-state index < -0.39 is 12.0 Å². The molecule has 0 spiro atoms. The minimum absolute atomic E-state index is 0.115. The average molecular weight is 259 g/mol. The molecular formula is C12H25N3O3. The second-order valence-electron chi connectivity index (χ2n) is 5.35. The molecule has 5 N–H and O–H groups in total. The van der Waals surface area contributed by atoms with Gasteiger partial charge < -0.3 is 21.5 Å². The predicted octanol–water partition coefficient (Wildman–Crippen LogP) is 0.0729. The Morgan fingerprint density at radius 1 is 1.28 bits per heavy atom. The van der Waals surface area contributed by atoms with Crippen molar-refractivity contribution in [1.29, 1.82) is 0 Å². The standard InChI is InChI=1S/C12H25N3O3/c1-12(2,3)14-8-10(16)15-9(11(17)18)6-4-5-7-13/h9,14H,4-8,13H2,1-3H3,(H,15,16)(H,17,18). The number of amides is 1. The van der Waals surface area contributed by atoms with Gasteiger partial charge in [0.05, 0.1) is 6.54 Å². The molecule has 1 unspecified atom stereocenters. The van der Waals surface area contributed by atoms with E-state index in [0.717, 1.165) is 6.42 Å². The molecule has 0 bridgehead atoms. The monoisotopic (exact) mass is 259 g/mol. The van der Waals surface area contributed by atoms with Crippen LogP contribution in [0.4, 0.5) is 0 Å². The van der Waals surface area contributed by atoms with Crippen LogP contribution in [-0.2, 0) is 9.59 Å². The van der Waals surface area contributed by atoms with Crippen LogP contribution in [0.5, 0.6) is 0 Å². The molecule has 0 aliphatic carbocycles. The Hall–Kier alpha value is -1.14. The molecule has 106 valence electrons. The summed E-state index contributed by atoms with van der Waals surface area (Å²) < 4.78 is 0. The van der Waals surface area contributed by atoms with Crippen molar-refractivity contribution < 1.29 is 14.7 Å². The molecular weight excluding hydrogens is 234 g/mol. The Balaban J connectivity index is 4.08. The molecule has 6 nitrogen and oxygen atoms in total. The molecule has 0 saturated carbocycles. The summed E-state index contributed by atoms with van der Waals surface area (Å²) in [6.07, 6.45) is 1.87. The second kappa shape index (κ2) is 8.05. The first-order chi connectivity index (χ1) is 8.26. The molecule has 0 fully saturated rings. The highest BCUT2D eigenvalue weighted by Gasteiger charge is 2.20. The zero-order chi connectivity index (χ0) is 14.2.